The number of halogens is 1. The zero-order valence-electron chi connectivity index (χ0n) is 9.72. The molecule has 1 fully saturated rings. The standard InChI is InChI=1S/C12H12FNO4/c1-18-10-3-2-7(4-9(10)13)11(15)14-5-8(6-14)12(16)17/h2-4,8H,5-6H2,1H3,(H,16,17). The molecule has 18 heavy (non-hydrogen) atoms. The van der Waals surface area contributed by atoms with Gasteiger partial charge in [0, 0.05) is 18.7 Å². The minimum Gasteiger partial charge on any atom is -0.494 e. The Labute approximate surface area is 103 Å². The van der Waals surface area contributed by atoms with E-state index < -0.39 is 17.7 Å². The van der Waals surface area contributed by atoms with Gasteiger partial charge < -0.3 is 14.7 Å². The summed E-state index contributed by atoms with van der Waals surface area (Å²) >= 11 is 0. The van der Waals surface area contributed by atoms with E-state index in [1.165, 1.54) is 24.1 Å². The lowest BCUT2D eigenvalue weighted by Gasteiger charge is -2.36. The van der Waals surface area contributed by atoms with Gasteiger partial charge in [-0.15, -0.1) is 0 Å². The number of rotatable bonds is 3. The molecule has 5 nitrogen and oxygen atoms in total. The summed E-state index contributed by atoms with van der Waals surface area (Å²) in [5, 5.41) is 8.70. The van der Waals surface area contributed by atoms with E-state index in [0.717, 1.165) is 6.07 Å². The summed E-state index contributed by atoms with van der Waals surface area (Å²) in [5.41, 5.74) is 0.192. The van der Waals surface area contributed by atoms with Crippen molar-refractivity contribution in [3.63, 3.8) is 0 Å². The molecular weight excluding hydrogens is 241 g/mol. The molecule has 0 aromatic heterocycles. The second-order valence-corrected chi connectivity index (χ2v) is 4.09. The third kappa shape index (κ3) is 2.13. The van der Waals surface area contributed by atoms with Crippen LogP contribution < -0.4 is 4.74 Å². The van der Waals surface area contributed by atoms with Crippen LogP contribution in [-0.4, -0.2) is 42.1 Å². The van der Waals surface area contributed by atoms with Crippen LogP contribution in [0.5, 0.6) is 5.75 Å². The van der Waals surface area contributed by atoms with E-state index in [1.54, 1.807) is 0 Å². The molecule has 1 aliphatic rings. The third-order valence-electron chi connectivity index (χ3n) is 2.92. The number of carbonyl (C=O) groups is 2. The van der Waals surface area contributed by atoms with Crippen molar-refractivity contribution < 1.29 is 23.8 Å². The Hall–Kier alpha value is -2.11. The maximum Gasteiger partial charge on any atom is 0.310 e. The molecule has 0 bridgehead atoms. The topological polar surface area (TPSA) is 66.8 Å². The molecule has 0 atom stereocenters. The fourth-order valence-corrected chi connectivity index (χ4v) is 1.78. The largest absolute Gasteiger partial charge is 0.494 e. The number of hydrogen-bond acceptors (Lipinski definition) is 3. The normalized spacial score (nSPS) is 15.1. The van der Waals surface area contributed by atoms with Crippen molar-refractivity contribution in [1.29, 1.82) is 0 Å². The average Bonchev–Trinajstić information content (AvgIpc) is 2.26. The lowest BCUT2D eigenvalue weighted by atomic mass is 9.99. The molecule has 6 heteroatoms. The van der Waals surface area contributed by atoms with Crippen LogP contribution in [0.1, 0.15) is 10.4 Å². The Balaban J connectivity index is 2.07. The van der Waals surface area contributed by atoms with Crippen LogP contribution in [0.4, 0.5) is 4.39 Å². The molecule has 1 aliphatic heterocycles. The quantitative estimate of drug-likeness (QED) is 0.872. The SMILES string of the molecule is COc1ccc(C(=O)N2CC(C(=O)O)C2)cc1F. The van der Waals surface area contributed by atoms with Gasteiger partial charge in [-0.3, -0.25) is 9.59 Å². The van der Waals surface area contributed by atoms with Crippen LogP contribution in [0.25, 0.3) is 0 Å². The van der Waals surface area contributed by atoms with Gasteiger partial charge in [0.05, 0.1) is 13.0 Å². The van der Waals surface area contributed by atoms with Crippen LogP contribution in [0.3, 0.4) is 0 Å². The van der Waals surface area contributed by atoms with E-state index in [-0.39, 0.29) is 30.3 Å². The van der Waals surface area contributed by atoms with E-state index in [4.69, 9.17) is 9.84 Å². The number of hydrogen-bond donors (Lipinski definition) is 1. The van der Waals surface area contributed by atoms with Crippen LogP contribution in [0, 0.1) is 11.7 Å². The van der Waals surface area contributed by atoms with Crippen LogP contribution in [0.15, 0.2) is 18.2 Å². The van der Waals surface area contributed by atoms with Gasteiger partial charge in [0.1, 0.15) is 0 Å². The van der Waals surface area contributed by atoms with Gasteiger partial charge >= 0.3 is 5.97 Å². The predicted octanol–water partition coefficient (Wildman–Crippen LogP) is 0.991. The van der Waals surface area contributed by atoms with Crippen molar-refractivity contribution in [3.8, 4) is 5.75 Å². The van der Waals surface area contributed by atoms with Gasteiger partial charge in [0.2, 0.25) is 0 Å². The summed E-state index contributed by atoms with van der Waals surface area (Å²) in [4.78, 5) is 23.9. The Morgan fingerprint density at radius 3 is 2.61 bits per heavy atom. The van der Waals surface area contributed by atoms with Crippen molar-refractivity contribution in [3.05, 3.63) is 29.6 Å². The fraction of sp³-hybridized carbons (Fsp3) is 0.333. The minimum atomic E-state index is -0.917. The minimum absolute atomic E-state index is 0.0681. The zero-order chi connectivity index (χ0) is 13.3. The molecule has 0 radical (unpaired) electrons. The van der Waals surface area contributed by atoms with Gasteiger partial charge in [0.25, 0.3) is 5.91 Å². The number of amides is 1. The molecule has 96 valence electrons. The summed E-state index contributed by atoms with van der Waals surface area (Å²) in [6, 6.07) is 3.92. The van der Waals surface area contributed by atoms with Crippen LogP contribution in [-0.2, 0) is 4.79 Å². The highest BCUT2D eigenvalue weighted by molar-refractivity contribution is 5.95. The summed E-state index contributed by atoms with van der Waals surface area (Å²) < 4.78 is 18.2. The first-order chi connectivity index (χ1) is 8.52. The predicted molar refractivity (Wildman–Crippen MR) is 60.0 cm³/mol. The Morgan fingerprint density at radius 2 is 2.11 bits per heavy atom. The summed E-state index contributed by atoms with van der Waals surface area (Å²) in [6.45, 7) is 0.337. The van der Waals surface area contributed by atoms with Gasteiger partial charge in [-0.1, -0.05) is 0 Å². The first-order valence-corrected chi connectivity index (χ1v) is 5.38. The first-order valence-electron chi connectivity index (χ1n) is 5.38. The number of methoxy groups -OCH3 is 1. The third-order valence-corrected chi connectivity index (χ3v) is 2.92. The smallest absolute Gasteiger partial charge is 0.310 e. The van der Waals surface area contributed by atoms with Crippen LogP contribution in [0.2, 0.25) is 0 Å². The number of ether oxygens (including phenoxy) is 1. The van der Waals surface area contributed by atoms with Crippen molar-refractivity contribution in [1.82, 2.24) is 4.90 Å². The Bertz CT molecular complexity index is 497. The maximum absolute atomic E-state index is 13.4. The van der Waals surface area contributed by atoms with E-state index in [2.05, 4.69) is 0 Å². The van der Waals surface area contributed by atoms with Gasteiger partial charge in [-0.05, 0) is 18.2 Å². The molecular formula is C12H12FNO4. The number of carbonyl (C=O) groups excluding carboxylic acids is 1. The fourth-order valence-electron chi connectivity index (χ4n) is 1.78. The Kier molecular flexibility index (Phi) is 3.18. The number of likely N-dealkylation sites (tertiary alicyclic amines) is 1. The number of carboxylic acids is 1. The van der Waals surface area contributed by atoms with E-state index >= 15 is 0 Å². The van der Waals surface area contributed by atoms with Gasteiger partial charge in [-0.25, -0.2) is 4.39 Å². The van der Waals surface area contributed by atoms with Gasteiger partial charge in [0.15, 0.2) is 11.6 Å². The van der Waals surface area contributed by atoms with Crippen LogP contribution >= 0.6 is 0 Å². The van der Waals surface area contributed by atoms with Crippen molar-refractivity contribution in [2.24, 2.45) is 5.92 Å². The monoisotopic (exact) mass is 253 g/mol. The number of benzene rings is 1. The highest BCUT2D eigenvalue weighted by Gasteiger charge is 2.36. The number of aliphatic carboxylic acids is 1. The highest BCUT2D eigenvalue weighted by atomic mass is 19.1. The lowest BCUT2D eigenvalue weighted by molar-refractivity contribution is -0.146. The van der Waals surface area contributed by atoms with Gasteiger partial charge in [-0.2, -0.15) is 0 Å². The summed E-state index contributed by atoms with van der Waals surface area (Å²) in [7, 11) is 1.34. The van der Waals surface area contributed by atoms with E-state index in [0.29, 0.717) is 0 Å². The van der Waals surface area contributed by atoms with E-state index in [1.807, 2.05) is 0 Å². The van der Waals surface area contributed by atoms with E-state index in [9.17, 15) is 14.0 Å². The molecule has 1 aromatic rings. The van der Waals surface area contributed by atoms with Crippen molar-refractivity contribution in [2.45, 2.75) is 0 Å². The lowest BCUT2D eigenvalue weighted by Crippen LogP contribution is -2.53. The highest BCUT2D eigenvalue weighted by Crippen LogP contribution is 2.22. The Morgan fingerprint density at radius 1 is 1.44 bits per heavy atom. The molecule has 1 amide bonds. The average molecular weight is 253 g/mol. The second kappa shape index (κ2) is 4.64. The number of carboxylic acid groups (broad SMARTS) is 1. The molecule has 1 saturated heterocycles. The molecule has 0 unspecified atom stereocenters. The van der Waals surface area contributed by atoms with Crippen molar-refractivity contribution in [2.75, 3.05) is 20.2 Å². The molecule has 1 heterocycles. The molecule has 1 N–H and O–H groups in total. The molecule has 1 aromatic carbocycles. The number of nitrogens with zero attached hydrogens (tertiary/aromatic N) is 1. The molecule has 0 aliphatic carbocycles. The zero-order valence-corrected chi connectivity index (χ0v) is 9.72. The summed E-state index contributed by atoms with van der Waals surface area (Å²) in [5.74, 6) is -2.34. The molecule has 2 rings (SSSR count). The first kappa shape index (κ1) is 12.3. The maximum atomic E-state index is 13.4. The molecule has 0 saturated carbocycles. The molecule has 0 spiro atoms. The second-order valence-electron chi connectivity index (χ2n) is 4.09. The van der Waals surface area contributed by atoms with Crippen molar-refractivity contribution >= 4 is 11.9 Å². The summed E-state index contributed by atoms with van der Waals surface area (Å²) in [6.07, 6.45) is 0.